The minimum atomic E-state index is -0.450. The molecule has 7 heteroatoms. The first-order valence-corrected chi connectivity index (χ1v) is 7.38. The van der Waals surface area contributed by atoms with Gasteiger partial charge in [-0.3, -0.25) is 14.9 Å². The molecule has 2 atom stereocenters. The Hall–Kier alpha value is -1.66. The van der Waals surface area contributed by atoms with Gasteiger partial charge in [-0.1, -0.05) is 18.9 Å². The fourth-order valence-electron chi connectivity index (χ4n) is 3.64. The molecule has 2 fully saturated rings. The molecule has 1 aliphatic heterocycles. The molecule has 1 aromatic carbocycles. The van der Waals surface area contributed by atoms with Gasteiger partial charge in [0.15, 0.2) is 0 Å². The number of hydrogen-bond donors (Lipinski definition) is 2. The molecule has 6 nitrogen and oxygen atoms in total. The number of fused-ring (bicyclic) bond motifs is 1. The van der Waals surface area contributed by atoms with Crippen molar-refractivity contribution >= 4 is 29.7 Å². The molecular weight excluding hydrogens is 306 g/mol. The fourth-order valence-corrected chi connectivity index (χ4v) is 3.64. The lowest BCUT2D eigenvalue weighted by Crippen LogP contribution is -2.44. The second-order valence-electron chi connectivity index (χ2n) is 5.99. The summed E-state index contributed by atoms with van der Waals surface area (Å²) in [5, 5.41) is 17.0. The van der Waals surface area contributed by atoms with E-state index in [0.717, 1.165) is 25.8 Å². The summed E-state index contributed by atoms with van der Waals surface area (Å²) in [6, 6.07) is 6.13. The van der Waals surface area contributed by atoms with E-state index in [1.165, 1.54) is 18.6 Å². The zero-order valence-electron chi connectivity index (χ0n) is 12.2. The molecule has 1 aromatic rings. The molecule has 1 amide bonds. The number of nitrogens with zero attached hydrogens (tertiary/aromatic N) is 1. The molecule has 3 rings (SSSR count). The van der Waals surface area contributed by atoms with E-state index in [2.05, 4.69) is 10.6 Å². The van der Waals surface area contributed by atoms with E-state index in [-0.39, 0.29) is 29.4 Å². The van der Waals surface area contributed by atoms with Crippen LogP contribution in [0.15, 0.2) is 24.3 Å². The van der Waals surface area contributed by atoms with Gasteiger partial charge < -0.3 is 10.6 Å². The predicted octanol–water partition coefficient (Wildman–Crippen LogP) is 2.73. The minimum Gasteiger partial charge on any atom is -0.325 e. The van der Waals surface area contributed by atoms with E-state index < -0.39 is 4.92 Å². The second-order valence-corrected chi connectivity index (χ2v) is 5.99. The largest absolute Gasteiger partial charge is 0.325 e. The van der Waals surface area contributed by atoms with E-state index >= 15 is 0 Å². The normalized spacial score (nSPS) is 26.6. The van der Waals surface area contributed by atoms with Gasteiger partial charge in [-0.05, 0) is 31.4 Å². The lowest BCUT2D eigenvalue weighted by molar-refractivity contribution is -0.384. The number of nitrogens with one attached hydrogen (secondary N) is 2. The van der Waals surface area contributed by atoms with Crippen molar-refractivity contribution in [1.82, 2.24) is 5.32 Å². The third kappa shape index (κ3) is 2.94. The molecular formula is C15H20ClN3O3. The fraction of sp³-hybridized carbons (Fsp3) is 0.533. The molecule has 22 heavy (non-hydrogen) atoms. The summed E-state index contributed by atoms with van der Waals surface area (Å²) in [4.78, 5) is 23.1. The minimum absolute atomic E-state index is 0. The van der Waals surface area contributed by atoms with Gasteiger partial charge in [0, 0.05) is 24.4 Å². The van der Waals surface area contributed by atoms with E-state index in [1.807, 2.05) is 0 Å². The Bertz CT molecular complexity index is 581. The average molecular weight is 326 g/mol. The standard InChI is InChI=1S/C15H19N3O3.ClH/c19-14(15-7-2-1-4-11(15)9-16-10-15)17-12-5-3-6-13(8-12)18(20)21;/h3,5-6,8,11,16H,1-2,4,7,9-10H2,(H,17,19);1H/t11-,15+;/m0./s1. The van der Waals surface area contributed by atoms with Crippen molar-refractivity contribution < 1.29 is 9.72 Å². The van der Waals surface area contributed by atoms with Crippen LogP contribution in [0.5, 0.6) is 0 Å². The molecule has 1 saturated carbocycles. The van der Waals surface area contributed by atoms with Gasteiger partial charge in [-0.2, -0.15) is 0 Å². The third-order valence-electron chi connectivity index (χ3n) is 4.81. The van der Waals surface area contributed by atoms with Gasteiger partial charge in [0.1, 0.15) is 0 Å². The maximum atomic E-state index is 12.7. The number of amides is 1. The third-order valence-corrected chi connectivity index (χ3v) is 4.81. The molecule has 0 unspecified atom stereocenters. The summed E-state index contributed by atoms with van der Waals surface area (Å²) < 4.78 is 0. The van der Waals surface area contributed by atoms with Gasteiger partial charge >= 0.3 is 0 Å². The number of hydrogen-bond acceptors (Lipinski definition) is 4. The molecule has 2 aliphatic rings. The van der Waals surface area contributed by atoms with E-state index in [4.69, 9.17) is 0 Å². The lowest BCUT2D eigenvalue weighted by Gasteiger charge is -2.37. The van der Waals surface area contributed by atoms with Gasteiger partial charge in [0.05, 0.1) is 10.3 Å². The van der Waals surface area contributed by atoms with Crippen LogP contribution in [-0.2, 0) is 4.79 Å². The first-order chi connectivity index (χ1) is 10.1. The number of anilines is 1. The predicted molar refractivity (Wildman–Crippen MR) is 86.2 cm³/mol. The number of halogens is 1. The summed E-state index contributed by atoms with van der Waals surface area (Å²) in [6.45, 7) is 1.60. The van der Waals surface area contributed by atoms with Crippen molar-refractivity contribution in [2.24, 2.45) is 11.3 Å². The molecule has 0 bridgehead atoms. The van der Waals surface area contributed by atoms with Crippen molar-refractivity contribution in [3.05, 3.63) is 34.4 Å². The van der Waals surface area contributed by atoms with E-state index in [9.17, 15) is 14.9 Å². The highest BCUT2D eigenvalue weighted by Gasteiger charge is 2.49. The van der Waals surface area contributed by atoms with Gasteiger partial charge in [-0.15, -0.1) is 12.4 Å². The van der Waals surface area contributed by atoms with Gasteiger partial charge in [-0.25, -0.2) is 0 Å². The summed E-state index contributed by atoms with van der Waals surface area (Å²) in [5.41, 5.74) is 0.151. The van der Waals surface area contributed by atoms with Crippen LogP contribution in [0.4, 0.5) is 11.4 Å². The topological polar surface area (TPSA) is 84.3 Å². The van der Waals surface area contributed by atoms with Crippen LogP contribution in [0, 0.1) is 21.4 Å². The monoisotopic (exact) mass is 325 g/mol. The summed E-state index contributed by atoms with van der Waals surface area (Å²) in [5.74, 6) is 0.377. The van der Waals surface area contributed by atoms with E-state index in [1.54, 1.807) is 12.1 Å². The summed E-state index contributed by atoms with van der Waals surface area (Å²) in [6.07, 6.45) is 4.22. The van der Waals surface area contributed by atoms with Crippen molar-refractivity contribution in [2.45, 2.75) is 25.7 Å². The Morgan fingerprint density at radius 1 is 1.41 bits per heavy atom. The highest BCUT2D eigenvalue weighted by molar-refractivity contribution is 5.96. The smallest absolute Gasteiger partial charge is 0.271 e. The van der Waals surface area contributed by atoms with Gasteiger partial charge in [0.25, 0.3) is 5.69 Å². The quantitative estimate of drug-likeness (QED) is 0.661. The lowest BCUT2D eigenvalue weighted by atomic mass is 9.67. The average Bonchev–Trinajstić information content (AvgIpc) is 2.92. The zero-order chi connectivity index (χ0) is 14.9. The van der Waals surface area contributed by atoms with Crippen LogP contribution < -0.4 is 10.6 Å². The number of benzene rings is 1. The van der Waals surface area contributed by atoms with Crippen molar-refractivity contribution in [1.29, 1.82) is 0 Å². The first-order valence-electron chi connectivity index (χ1n) is 7.38. The molecule has 2 N–H and O–H groups in total. The number of nitro groups is 1. The molecule has 1 aliphatic carbocycles. The Kier molecular flexibility index (Phi) is 5.03. The van der Waals surface area contributed by atoms with Crippen LogP contribution in [-0.4, -0.2) is 23.9 Å². The Morgan fingerprint density at radius 3 is 3.00 bits per heavy atom. The second kappa shape index (κ2) is 6.62. The van der Waals surface area contributed by atoms with Crippen LogP contribution >= 0.6 is 12.4 Å². The highest BCUT2D eigenvalue weighted by atomic mass is 35.5. The van der Waals surface area contributed by atoms with Crippen LogP contribution in [0.1, 0.15) is 25.7 Å². The van der Waals surface area contributed by atoms with E-state index in [0.29, 0.717) is 18.2 Å². The van der Waals surface area contributed by atoms with Crippen molar-refractivity contribution in [3.8, 4) is 0 Å². The Labute approximate surface area is 135 Å². The van der Waals surface area contributed by atoms with Crippen molar-refractivity contribution in [2.75, 3.05) is 18.4 Å². The maximum Gasteiger partial charge on any atom is 0.271 e. The number of rotatable bonds is 3. The molecule has 0 spiro atoms. The number of carbonyl (C=O) groups is 1. The number of nitro benzene ring substituents is 1. The van der Waals surface area contributed by atoms with Crippen LogP contribution in [0.2, 0.25) is 0 Å². The SMILES string of the molecule is Cl.O=C(Nc1cccc([N+](=O)[O-])c1)[C@@]12CCCC[C@H]1CNC2. The summed E-state index contributed by atoms with van der Waals surface area (Å²) in [7, 11) is 0. The first kappa shape index (κ1) is 16.7. The molecule has 1 saturated heterocycles. The molecule has 0 aromatic heterocycles. The Morgan fingerprint density at radius 2 is 2.23 bits per heavy atom. The maximum absolute atomic E-state index is 12.7. The van der Waals surface area contributed by atoms with Crippen LogP contribution in [0.3, 0.4) is 0 Å². The molecule has 1 heterocycles. The number of non-ortho nitro benzene ring substituents is 1. The molecule has 0 radical (unpaired) electrons. The molecule has 120 valence electrons. The zero-order valence-corrected chi connectivity index (χ0v) is 13.0. The summed E-state index contributed by atoms with van der Waals surface area (Å²) >= 11 is 0. The Balaban J connectivity index is 0.00000176. The number of carbonyl (C=O) groups excluding carboxylic acids is 1. The van der Waals surface area contributed by atoms with Crippen molar-refractivity contribution in [3.63, 3.8) is 0 Å². The van der Waals surface area contributed by atoms with Crippen LogP contribution in [0.25, 0.3) is 0 Å². The van der Waals surface area contributed by atoms with Gasteiger partial charge in [0.2, 0.25) is 5.91 Å². The highest BCUT2D eigenvalue weighted by Crippen LogP contribution is 2.44.